The van der Waals surface area contributed by atoms with E-state index in [4.69, 9.17) is 4.74 Å². The van der Waals surface area contributed by atoms with Gasteiger partial charge in [0.05, 0.1) is 12.6 Å². The lowest BCUT2D eigenvalue weighted by atomic mass is 10.2. The normalized spacial score (nSPS) is 9.93. The number of carbonyl (C=O) groups excluding carboxylic acids is 1. The first-order chi connectivity index (χ1) is 7.29. The van der Waals surface area contributed by atoms with Crippen molar-refractivity contribution in [3.05, 3.63) is 36.5 Å². The van der Waals surface area contributed by atoms with Crippen molar-refractivity contribution >= 4 is 17.1 Å². The maximum atomic E-state index is 10.9. The van der Waals surface area contributed by atoms with E-state index in [0.29, 0.717) is 5.75 Å². The van der Waals surface area contributed by atoms with Gasteiger partial charge in [-0.3, -0.25) is 4.98 Å². The first-order valence-electron chi connectivity index (χ1n) is 4.40. The van der Waals surface area contributed by atoms with Crippen molar-refractivity contribution in [3.63, 3.8) is 0 Å². The van der Waals surface area contributed by atoms with E-state index in [9.17, 15) is 4.79 Å². The molecule has 0 atom stereocenters. The molecule has 0 N–H and O–H groups in total. The van der Waals surface area contributed by atoms with Crippen LogP contribution in [0.1, 0.15) is 0 Å². The quantitative estimate of drug-likeness (QED) is 0.527. The third-order valence-corrected chi connectivity index (χ3v) is 1.94. The van der Waals surface area contributed by atoms with Crippen molar-refractivity contribution < 1.29 is 14.3 Å². The smallest absolute Gasteiger partial charge is 0.437 e. The van der Waals surface area contributed by atoms with Crippen molar-refractivity contribution in [2.24, 2.45) is 0 Å². The number of methoxy groups -OCH3 is 1. The van der Waals surface area contributed by atoms with Gasteiger partial charge in [-0.15, -0.1) is 0 Å². The van der Waals surface area contributed by atoms with Gasteiger partial charge in [-0.05, 0) is 24.3 Å². The van der Waals surface area contributed by atoms with Crippen LogP contribution >= 0.6 is 0 Å². The highest BCUT2D eigenvalue weighted by atomic mass is 16.7. The topological polar surface area (TPSA) is 48.4 Å². The Kier molecular flexibility index (Phi) is 2.49. The van der Waals surface area contributed by atoms with Crippen molar-refractivity contribution in [1.29, 1.82) is 0 Å². The van der Waals surface area contributed by atoms with Crippen LogP contribution in [0.15, 0.2) is 36.5 Å². The minimum atomic E-state index is -0.724. The van der Waals surface area contributed by atoms with Crippen molar-refractivity contribution in [1.82, 2.24) is 4.98 Å². The molecule has 1 aromatic carbocycles. The maximum absolute atomic E-state index is 10.9. The van der Waals surface area contributed by atoms with Gasteiger partial charge in [-0.2, -0.15) is 0 Å². The van der Waals surface area contributed by atoms with E-state index in [1.165, 1.54) is 7.11 Å². The number of fused-ring (bicyclic) bond motifs is 1. The molecule has 0 amide bonds. The molecule has 0 aliphatic carbocycles. The fourth-order valence-corrected chi connectivity index (χ4v) is 1.26. The molecular formula is C11H9NO3. The minimum absolute atomic E-state index is 0.447. The molecule has 2 aromatic rings. The number of rotatable bonds is 1. The Morgan fingerprint density at radius 2 is 2.20 bits per heavy atom. The Labute approximate surface area is 86.5 Å². The van der Waals surface area contributed by atoms with Crippen LogP contribution in [0.5, 0.6) is 5.75 Å². The molecule has 4 nitrogen and oxygen atoms in total. The van der Waals surface area contributed by atoms with E-state index in [1.54, 1.807) is 24.4 Å². The lowest BCUT2D eigenvalue weighted by Crippen LogP contribution is -2.06. The van der Waals surface area contributed by atoms with Gasteiger partial charge in [0.15, 0.2) is 0 Å². The highest BCUT2D eigenvalue weighted by molar-refractivity contribution is 5.80. The van der Waals surface area contributed by atoms with Gasteiger partial charge >= 0.3 is 6.16 Å². The molecule has 1 aromatic heterocycles. The Morgan fingerprint density at radius 1 is 1.33 bits per heavy atom. The standard InChI is InChI=1S/C11H9NO3/c1-14-11(13)15-9-4-5-10-8(7-9)3-2-6-12-10/h2-7H,1H3. The molecular weight excluding hydrogens is 194 g/mol. The monoisotopic (exact) mass is 203 g/mol. The highest BCUT2D eigenvalue weighted by Crippen LogP contribution is 2.19. The zero-order valence-electron chi connectivity index (χ0n) is 8.14. The first kappa shape index (κ1) is 9.45. The molecule has 76 valence electrons. The summed E-state index contributed by atoms with van der Waals surface area (Å²) < 4.78 is 9.27. The zero-order valence-corrected chi connectivity index (χ0v) is 8.14. The Hall–Kier alpha value is -2.10. The van der Waals surface area contributed by atoms with Crippen LogP contribution in [0.4, 0.5) is 4.79 Å². The predicted octanol–water partition coefficient (Wildman–Crippen LogP) is 2.38. The van der Waals surface area contributed by atoms with E-state index in [0.717, 1.165) is 10.9 Å². The summed E-state index contributed by atoms with van der Waals surface area (Å²) in [6.07, 6.45) is 0.988. The van der Waals surface area contributed by atoms with Gasteiger partial charge in [-0.1, -0.05) is 6.07 Å². The second-order valence-electron chi connectivity index (χ2n) is 2.91. The molecule has 0 spiro atoms. The van der Waals surface area contributed by atoms with Crippen LogP contribution in [0.3, 0.4) is 0 Å². The fraction of sp³-hybridized carbons (Fsp3) is 0.0909. The average Bonchev–Trinajstić information content (AvgIpc) is 2.29. The molecule has 0 saturated carbocycles. The van der Waals surface area contributed by atoms with Gasteiger partial charge in [0, 0.05) is 11.6 Å². The van der Waals surface area contributed by atoms with Crippen LogP contribution in [0.25, 0.3) is 10.9 Å². The summed E-state index contributed by atoms with van der Waals surface area (Å²) in [7, 11) is 1.27. The molecule has 0 radical (unpaired) electrons. The number of aromatic nitrogens is 1. The summed E-state index contributed by atoms with van der Waals surface area (Å²) in [5.74, 6) is 0.447. The molecule has 4 heteroatoms. The second kappa shape index (κ2) is 3.96. The molecule has 1 heterocycles. The second-order valence-corrected chi connectivity index (χ2v) is 2.91. The average molecular weight is 203 g/mol. The first-order valence-corrected chi connectivity index (χ1v) is 4.40. The Bertz CT molecular complexity index is 496. The lowest BCUT2D eigenvalue weighted by Gasteiger charge is -2.03. The molecule has 0 bridgehead atoms. The molecule has 0 saturated heterocycles. The number of carbonyl (C=O) groups is 1. The highest BCUT2D eigenvalue weighted by Gasteiger charge is 2.03. The fourth-order valence-electron chi connectivity index (χ4n) is 1.26. The Balaban J connectivity index is 2.34. The van der Waals surface area contributed by atoms with Gasteiger partial charge in [-0.25, -0.2) is 4.79 Å². The summed E-state index contributed by atoms with van der Waals surface area (Å²) in [4.78, 5) is 15.0. The van der Waals surface area contributed by atoms with Crippen LogP contribution in [-0.4, -0.2) is 18.2 Å². The summed E-state index contributed by atoms with van der Waals surface area (Å²) in [5.41, 5.74) is 0.856. The van der Waals surface area contributed by atoms with Crippen LogP contribution in [0.2, 0.25) is 0 Å². The summed E-state index contributed by atoms with van der Waals surface area (Å²) in [6.45, 7) is 0. The van der Waals surface area contributed by atoms with Gasteiger partial charge in [0.1, 0.15) is 5.75 Å². The molecule has 0 aliphatic rings. The third-order valence-electron chi connectivity index (χ3n) is 1.94. The summed E-state index contributed by atoms with van der Waals surface area (Å²) in [5, 5.41) is 0.916. The molecule has 15 heavy (non-hydrogen) atoms. The maximum Gasteiger partial charge on any atom is 0.513 e. The van der Waals surface area contributed by atoms with E-state index in [2.05, 4.69) is 9.72 Å². The molecule has 0 unspecified atom stereocenters. The van der Waals surface area contributed by atoms with Crippen LogP contribution in [0, 0.1) is 0 Å². The van der Waals surface area contributed by atoms with Crippen LogP contribution < -0.4 is 4.74 Å². The van der Waals surface area contributed by atoms with Gasteiger partial charge < -0.3 is 9.47 Å². The van der Waals surface area contributed by atoms with Crippen molar-refractivity contribution in [3.8, 4) is 5.75 Å². The van der Waals surface area contributed by atoms with Gasteiger partial charge in [0.2, 0.25) is 0 Å². The number of pyridine rings is 1. The van der Waals surface area contributed by atoms with E-state index in [-0.39, 0.29) is 0 Å². The predicted molar refractivity (Wildman–Crippen MR) is 54.8 cm³/mol. The number of ether oxygens (including phenoxy) is 2. The number of hydrogen-bond acceptors (Lipinski definition) is 4. The van der Waals surface area contributed by atoms with Gasteiger partial charge in [0.25, 0.3) is 0 Å². The van der Waals surface area contributed by atoms with E-state index in [1.807, 2.05) is 12.1 Å². The minimum Gasteiger partial charge on any atom is -0.437 e. The van der Waals surface area contributed by atoms with Crippen molar-refractivity contribution in [2.75, 3.05) is 7.11 Å². The number of hydrogen-bond donors (Lipinski definition) is 0. The largest absolute Gasteiger partial charge is 0.513 e. The summed E-state index contributed by atoms with van der Waals surface area (Å²) in [6, 6.07) is 8.91. The SMILES string of the molecule is COC(=O)Oc1ccc2ncccc2c1. The van der Waals surface area contributed by atoms with E-state index >= 15 is 0 Å². The van der Waals surface area contributed by atoms with Crippen molar-refractivity contribution in [2.45, 2.75) is 0 Å². The third kappa shape index (κ3) is 2.04. The number of benzene rings is 1. The van der Waals surface area contributed by atoms with Crippen LogP contribution in [-0.2, 0) is 4.74 Å². The molecule has 0 aliphatic heterocycles. The zero-order chi connectivity index (χ0) is 10.7. The lowest BCUT2D eigenvalue weighted by molar-refractivity contribution is 0.121. The summed E-state index contributed by atoms with van der Waals surface area (Å²) >= 11 is 0. The molecule has 2 rings (SSSR count). The van der Waals surface area contributed by atoms with E-state index < -0.39 is 6.16 Å². The molecule has 0 fully saturated rings. The Morgan fingerprint density at radius 3 is 3.00 bits per heavy atom. The number of nitrogens with zero attached hydrogens (tertiary/aromatic N) is 1.